The first kappa shape index (κ1) is 14.8. The lowest BCUT2D eigenvalue weighted by molar-refractivity contribution is 0.0168. The number of amides is 1. The number of alkyl halides is 2. The number of aromatic hydroxyl groups is 1. The molecule has 110 valence electrons. The highest BCUT2D eigenvalue weighted by atomic mass is 19.3. The maximum Gasteiger partial charge on any atom is 0.278 e. The van der Waals surface area contributed by atoms with Gasteiger partial charge in [-0.1, -0.05) is 0 Å². The Kier molecular flexibility index (Phi) is 3.84. The Morgan fingerprint density at radius 3 is 2.43 bits per heavy atom. The quantitative estimate of drug-likeness (QED) is 0.913. The molecule has 0 bridgehead atoms. The summed E-state index contributed by atoms with van der Waals surface area (Å²) in [6.07, 6.45) is 0.819. The second-order valence-corrected chi connectivity index (χ2v) is 4.44. The largest absolute Gasteiger partial charge is 0.505 e. The van der Waals surface area contributed by atoms with Gasteiger partial charge < -0.3 is 10.4 Å². The van der Waals surface area contributed by atoms with Gasteiger partial charge in [-0.25, -0.2) is 18.2 Å². The van der Waals surface area contributed by atoms with Crippen LogP contribution >= 0.6 is 0 Å². The van der Waals surface area contributed by atoms with Crippen molar-refractivity contribution in [1.29, 1.82) is 0 Å². The van der Waals surface area contributed by atoms with E-state index in [0.717, 1.165) is 24.4 Å². The van der Waals surface area contributed by atoms with E-state index in [1.165, 1.54) is 12.1 Å². The molecule has 0 radical (unpaired) electrons. The first-order valence-electron chi connectivity index (χ1n) is 5.91. The molecule has 1 amide bonds. The maximum absolute atomic E-state index is 13.1. The molecular weight excluding hydrogens is 285 g/mol. The minimum atomic E-state index is -3.17. The third-order valence-electron chi connectivity index (χ3n) is 2.69. The van der Waals surface area contributed by atoms with Gasteiger partial charge in [0.2, 0.25) is 0 Å². The number of halogens is 3. The number of aromatic nitrogens is 1. The number of nitrogens with zero attached hydrogens (tertiary/aromatic N) is 1. The van der Waals surface area contributed by atoms with Crippen LogP contribution in [0, 0.1) is 5.82 Å². The van der Waals surface area contributed by atoms with Crippen LogP contribution in [0.25, 0.3) is 0 Å². The number of carbonyl (C=O) groups is 1. The van der Waals surface area contributed by atoms with Crippen LogP contribution in [0.3, 0.4) is 0 Å². The molecule has 21 heavy (non-hydrogen) atoms. The zero-order chi connectivity index (χ0) is 15.6. The average molecular weight is 296 g/mol. The van der Waals surface area contributed by atoms with Gasteiger partial charge in [-0.3, -0.25) is 4.79 Å². The fraction of sp³-hybridized carbons (Fsp3) is 0.143. The van der Waals surface area contributed by atoms with Crippen LogP contribution in [0.15, 0.2) is 36.5 Å². The molecule has 1 heterocycles. The highest BCUT2D eigenvalue weighted by molar-refractivity contribution is 6.04. The third kappa shape index (κ3) is 3.50. The second kappa shape index (κ2) is 5.43. The Hall–Kier alpha value is -2.57. The molecule has 2 aromatic rings. The molecule has 0 saturated carbocycles. The fourth-order valence-electron chi connectivity index (χ4n) is 1.59. The van der Waals surface area contributed by atoms with Gasteiger partial charge in [-0.05, 0) is 30.3 Å². The predicted molar refractivity (Wildman–Crippen MR) is 69.8 cm³/mol. The molecule has 4 nitrogen and oxygen atoms in total. The van der Waals surface area contributed by atoms with Crippen molar-refractivity contribution in [1.82, 2.24) is 4.98 Å². The SMILES string of the molecule is CC(F)(F)c1cnc(C(=O)Nc2ccc(F)cc2)c(O)c1. The van der Waals surface area contributed by atoms with E-state index in [4.69, 9.17) is 0 Å². The van der Waals surface area contributed by atoms with E-state index in [0.29, 0.717) is 6.92 Å². The van der Waals surface area contributed by atoms with E-state index in [1.807, 2.05) is 0 Å². The summed E-state index contributed by atoms with van der Waals surface area (Å²) < 4.78 is 38.9. The number of nitrogens with one attached hydrogen (secondary N) is 1. The first-order chi connectivity index (χ1) is 9.77. The van der Waals surface area contributed by atoms with Crippen LogP contribution in [-0.2, 0) is 5.92 Å². The van der Waals surface area contributed by atoms with E-state index >= 15 is 0 Å². The second-order valence-electron chi connectivity index (χ2n) is 4.44. The summed E-state index contributed by atoms with van der Waals surface area (Å²) in [6, 6.07) is 5.71. The molecule has 2 rings (SSSR count). The van der Waals surface area contributed by atoms with Crippen molar-refractivity contribution in [2.24, 2.45) is 0 Å². The van der Waals surface area contributed by atoms with Crippen LogP contribution in [0.5, 0.6) is 5.75 Å². The number of anilines is 1. The van der Waals surface area contributed by atoms with Crippen LogP contribution in [-0.4, -0.2) is 16.0 Å². The monoisotopic (exact) mass is 296 g/mol. The van der Waals surface area contributed by atoms with Crippen molar-refractivity contribution in [2.45, 2.75) is 12.8 Å². The van der Waals surface area contributed by atoms with E-state index < -0.39 is 34.7 Å². The van der Waals surface area contributed by atoms with Crippen molar-refractivity contribution in [3.05, 3.63) is 53.6 Å². The van der Waals surface area contributed by atoms with Gasteiger partial charge in [0.25, 0.3) is 11.8 Å². The smallest absolute Gasteiger partial charge is 0.278 e. The molecule has 0 spiro atoms. The minimum Gasteiger partial charge on any atom is -0.505 e. The first-order valence-corrected chi connectivity index (χ1v) is 5.91. The topological polar surface area (TPSA) is 62.2 Å². The van der Waals surface area contributed by atoms with Gasteiger partial charge in [-0.2, -0.15) is 0 Å². The zero-order valence-corrected chi connectivity index (χ0v) is 10.9. The standard InChI is InChI=1S/C14H11F3N2O2/c1-14(16,17)8-6-11(20)12(18-7-8)13(21)19-10-4-2-9(15)3-5-10/h2-7,20H,1H3,(H,19,21). The molecule has 0 fully saturated rings. The molecular formula is C14H11F3N2O2. The van der Waals surface area contributed by atoms with Crippen LogP contribution in [0.4, 0.5) is 18.9 Å². The molecule has 1 aromatic heterocycles. The summed E-state index contributed by atoms with van der Waals surface area (Å²) >= 11 is 0. The summed E-state index contributed by atoms with van der Waals surface area (Å²) in [4.78, 5) is 15.4. The van der Waals surface area contributed by atoms with E-state index in [-0.39, 0.29) is 5.69 Å². The van der Waals surface area contributed by atoms with Crippen molar-refractivity contribution in [3.63, 3.8) is 0 Å². The van der Waals surface area contributed by atoms with Crippen molar-refractivity contribution < 1.29 is 23.1 Å². The molecule has 1 aromatic carbocycles. The van der Waals surface area contributed by atoms with Gasteiger partial charge in [0.05, 0.1) is 0 Å². The number of pyridine rings is 1. The highest BCUT2D eigenvalue weighted by Crippen LogP contribution is 2.29. The lowest BCUT2D eigenvalue weighted by Crippen LogP contribution is -2.15. The lowest BCUT2D eigenvalue weighted by atomic mass is 10.1. The summed E-state index contributed by atoms with van der Waals surface area (Å²) in [5, 5.41) is 12.0. The number of benzene rings is 1. The van der Waals surface area contributed by atoms with E-state index in [1.54, 1.807) is 0 Å². The van der Waals surface area contributed by atoms with Gasteiger partial charge >= 0.3 is 0 Å². The van der Waals surface area contributed by atoms with E-state index in [9.17, 15) is 23.1 Å². The van der Waals surface area contributed by atoms with Crippen molar-refractivity contribution in [2.75, 3.05) is 5.32 Å². The Morgan fingerprint density at radius 1 is 1.29 bits per heavy atom. The molecule has 0 aliphatic carbocycles. The van der Waals surface area contributed by atoms with Gasteiger partial charge in [0.15, 0.2) is 5.69 Å². The van der Waals surface area contributed by atoms with Crippen LogP contribution in [0.2, 0.25) is 0 Å². The molecule has 7 heteroatoms. The lowest BCUT2D eigenvalue weighted by Gasteiger charge is -2.12. The van der Waals surface area contributed by atoms with Crippen molar-refractivity contribution >= 4 is 11.6 Å². The highest BCUT2D eigenvalue weighted by Gasteiger charge is 2.27. The number of hydrogen-bond donors (Lipinski definition) is 2. The zero-order valence-electron chi connectivity index (χ0n) is 10.9. The van der Waals surface area contributed by atoms with Gasteiger partial charge in [0, 0.05) is 24.4 Å². The Bertz CT molecular complexity index is 667. The Balaban J connectivity index is 2.22. The van der Waals surface area contributed by atoms with Gasteiger partial charge in [0.1, 0.15) is 11.6 Å². The summed E-state index contributed by atoms with van der Waals surface area (Å²) in [6.45, 7) is 0.654. The number of rotatable bonds is 3. The van der Waals surface area contributed by atoms with Crippen LogP contribution < -0.4 is 5.32 Å². The van der Waals surface area contributed by atoms with Gasteiger partial charge in [-0.15, -0.1) is 0 Å². The normalized spacial score (nSPS) is 11.2. The van der Waals surface area contributed by atoms with Crippen molar-refractivity contribution in [3.8, 4) is 5.75 Å². The molecule has 2 N–H and O–H groups in total. The minimum absolute atomic E-state index is 0.285. The molecule has 0 saturated heterocycles. The molecule has 0 atom stereocenters. The fourth-order valence-corrected chi connectivity index (χ4v) is 1.59. The van der Waals surface area contributed by atoms with Crippen LogP contribution in [0.1, 0.15) is 23.0 Å². The number of carbonyl (C=O) groups excluding carboxylic acids is 1. The third-order valence-corrected chi connectivity index (χ3v) is 2.69. The molecule has 0 aliphatic heterocycles. The summed E-state index contributed by atoms with van der Waals surface area (Å²) in [5.41, 5.74) is -0.613. The molecule has 0 unspecified atom stereocenters. The summed E-state index contributed by atoms with van der Waals surface area (Å²) in [5.74, 6) is -5.08. The Morgan fingerprint density at radius 2 is 1.90 bits per heavy atom. The Labute approximate surface area is 118 Å². The average Bonchev–Trinajstić information content (AvgIpc) is 2.40. The number of hydrogen-bond acceptors (Lipinski definition) is 3. The van der Waals surface area contributed by atoms with E-state index in [2.05, 4.69) is 10.3 Å². The molecule has 0 aliphatic rings. The predicted octanol–water partition coefficient (Wildman–Crippen LogP) is 3.29. The summed E-state index contributed by atoms with van der Waals surface area (Å²) in [7, 11) is 0. The maximum atomic E-state index is 13.1.